The lowest BCUT2D eigenvalue weighted by atomic mass is 9.86. The van der Waals surface area contributed by atoms with E-state index in [1.165, 1.54) is 14.0 Å². The maximum Gasteiger partial charge on any atom is 0.272 e. The first-order valence-corrected chi connectivity index (χ1v) is 15.1. The van der Waals surface area contributed by atoms with Crippen molar-refractivity contribution < 1.29 is 27.5 Å². The van der Waals surface area contributed by atoms with Crippen LogP contribution in [0, 0.1) is 0 Å². The number of hydrogen-bond donors (Lipinski definition) is 2. The SMILES string of the molecule is COc1c(NC(=O)c2cc3cccc(C(=O)N4CCN(C(C)=O)CC4)c3n2C)cc(C(C)(C)C)cc1NS(C)(=O)=O. The van der Waals surface area contributed by atoms with Crippen LogP contribution in [-0.4, -0.2) is 80.1 Å². The average Bonchev–Trinajstić information content (AvgIpc) is 3.23. The van der Waals surface area contributed by atoms with Gasteiger partial charge in [-0.15, -0.1) is 0 Å². The summed E-state index contributed by atoms with van der Waals surface area (Å²) in [7, 11) is -0.499. The van der Waals surface area contributed by atoms with E-state index >= 15 is 0 Å². The lowest BCUT2D eigenvalue weighted by molar-refractivity contribution is -0.130. The van der Waals surface area contributed by atoms with E-state index in [1.807, 2.05) is 26.8 Å². The highest BCUT2D eigenvalue weighted by molar-refractivity contribution is 7.92. The summed E-state index contributed by atoms with van der Waals surface area (Å²) >= 11 is 0. The van der Waals surface area contributed by atoms with E-state index in [4.69, 9.17) is 4.74 Å². The molecule has 12 heteroatoms. The van der Waals surface area contributed by atoms with Gasteiger partial charge in [-0.1, -0.05) is 32.9 Å². The summed E-state index contributed by atoms with van der Waals surface area (Å²) in [5.41, 5.74) is 2.34. The van der Waals surface area contributed by atoms with Crippen molar-refractivity contribution in [2.45, 2.75) is 33.1 Å². The van der Waals surface area contributed by atoms with E-state index in [0.717, 1.165) is 17.2 Å². The molecule has 1 fully saturated rings. The number of carbonyl (C=O) groups excluding carboxylic acids is 3. The zero-order valence-corrected chi connectivity index (χ0v) is 25.3. The van der Waals surface area contributed by atoms with E-state index in [1.54, 1.807) is 51.7 Å². The van der Waals surface area contributed by atoms with Crippen LogP contribution in [0.25, 0.3) is 10.9 Å². The third-order valence-corrected chi connectivity index (χ3v) is 7.82. The van der Waals surface area contributed by atoms with Crippen molar-refractivity contribution >= 4 is 50.0 Å². The molecule has 1 saturated heterocycles. The molecular formula is C29H37N5O6S. The Morgan fingerprint density at radius 1 is 0.951 bits per heavy atom. The molecular weight excluding hydrogens is 546 g/mol. The van der Waals surface area contributed by atoms with Gasteiger partial charge in [0.15, 0.2) is 5.75 Å². The second kappa shape index (κ2) is 11.1. The van der Waals surface area contributed by atoms with Crippen molar-refractivity contribution in [1.82, 2.24) is 14.4 Å². The number of nitrogens with zero attached hydrogens (tertiary/aromatic N) is 3. The third-order valence-electron chi connectivity index (χ3n) is 7.23. The van der Waals surface area contributed by atoms with Gasteiger partial charge in [-0.3, -0.25) is 19.1 Å². The lowest BCUT2D eigenvalue weighted by Gasteiger charge is -2.34. The number of piperazine rings is 1. The minimum absolute atomic E-state index is 0.0128. The second-order valence-corrected chi connectivity index (χ2v) is 13.1. The summed E-state index contributed by atoms with van der Waals surface area (Å²) in [6.07, 6.45) is 1.05. The summed E-state index contributed by atoms with van der Waals surface area (Å²) in [4.78, 5) is 42.3. The first-order chi connectivity index (χ1) is 19.1. The van der Waals surface area contributed by atoms with Crippen molar-refractivity contribution in [2.24, 2.45) is 7.05 Å². The number of rotatable bonds is 6. The Kier molecular flexibility index (Phi) is 8.08. The molecule has 11 nitrogen and oxygen atoms in total. The zero-order chi connectivity index (χ0) is 30.3. The zero-order valence-electron chi connectivity index (χ0n) is 24.5. The van der Waals surface area contributed by atoms with E-state index < -0.39 is 15.9 Å². The highest BCUT2D eigenvalue weighted by atomic mass is 32.2. The molecule has 1 aliphatic rings. The minimum atomic E-state index is -3.63. The molecule has 2 aromatic carbocycles. The van der Waals surface area contributed by atoms with Crippen molar-refractivity contribution in [2.75, 3.05) is 49.6 Å². The number of anilines is 2. The molecule has 0 aliphatic carbocycles. The highest BCUT2D eigenvalue weighted by Gasteiger charge is 2.27. The van der Waals surface area contributed by atoms with Crippen molar-refractivity contribution in [1.29, 1.82) is 0 Å². The van der Waals surface area contributed by atoms with Gasteiger partial charge in [0.25, 0.3) is 11.8 Å². The molecule has 3 amide bonds. The lowest BCUT2D eigenvalue weighted by Crippen LogP contribution is -2.50. The Morgan fingerprint density at radius 3 is 2.12 bits per heavy atom. The van der Waals surface area contributed by atoms with Crippen LogP contribution in [0.15, 0.2) is 36.4 Å². The number of hydrogen-bond acceptors (Lipinski definition) is 6. The van der Waals surface area contributed by atoms with Crippen LogP contribution in [0.2, 0.25) is 0 Å². The normalized spacial score (nSPS) is 14.2. The summed E-state index contributed by atoms with van der Waals surface area (Å²) in [6, 6.07) is 10.5. The maximum absolute atomic E-state index is 13.7. The first kappa shape index (κ1) is 29.9. The summed E-state index contributed by atoms with van der Waals surface area (Å²) in [5.74, 6) is -0.452. The molecule has 3 aromatic rings. The van der Waals surface area contributed by atoms with E-state index in [2.05, 4.69) is 10.0 Å². The van der Waals surface area contributed by atoms with Gasteiger partial charge in [-0.2, -0.15) is 0 Å². The molecule has 220 valence electrons. The van der Waals surface area contributed by atoms with Crippen molar-refractivity contribution in [3.63, 3.8) is 0 Å². The second-order valence-electron chi connectivity index (χ2n) is 11.3. The number of ether oxygens (including phenoxy) is 1. The van der Waals surface area contributed by atoms with Crippen LogP contribution in [-0.2, 0) is 27.3 Å². The van der Waals surface area contributed by atoms with Gasteiger partial charge in [0.05, 0.1) is 35.8 Å². The summed E-state index contributed by atoms with van der Waals surface area (Å²) in [5, 5.41) is 3.62. The molecule has 0 saturated carbocycles. The monoisotopic (exact) mass is 583 g/mol. The summed E-state index contributed by atoms with van der Waals surface area (Å²) < 4.78 is 33.8. The molecule has 0 atom stereocenters. The fourth-order valence-electron chi connectivity index (χ4n) is 5.04. The Bertz CT molecular complexity index is 1630. The number of benzene rings is 2. The predicted molar refractivity (Wildman–Crippen MR) is 159 cm³/mol. The van der Waals surface area contributed by atoms with Gasteiger partial charge in [0, 0.05) is 45.5 Å². The van der Waals surface area contributed by atoms with Crippen LogP contribution < -0.4 is 14.8 Å². The third kappa shape index (κ3) is 6.32. The maximum atomic E-state index is 13.7. The number of sulfonamides is 1. The molecule has 4 rings (SSSR count). The molecule has 0 spiro atoms. The Balaban J connectivity index is 1.70. The van der Waals surface area contributed by atoms with Gasteiger partial charge in [-0.25, -0.2) is 8.42 Å². The summed E-state index contributed by atoms with van der Waals surface area (Å²) in [6.45, 7) is 9.27. The Morgan fingerprint density at radius 2 is 1.56 bits per heavy atom. The van der Waals surface area contributed by atoms with Crippen LogP contribution in [0.5, 0.6) is 5.75 Å². The Hall–Kier alpha value is -4.06. The standard InChI is InChI=1S/C29H37N5O6S/c1-18(35)33-11-13-34(14-12-33)28(37)21-10-8-9-19-15-24(32(5)25(19)21)27(36)30-22-16-20(29(2,3)4)17-23(26(22)40-6)31-41(7,38)39/h8-10,15-17,31H,11-14H2,1-7H3,(H,30,36). The smallest absolute Gasteiger partial charge is 0.272 e. The fourth-order valence-corrected chi connectivity index (χ4v) is 5.59. The molecule has 2 N–H and O–H groups in total. The molecule has 0 unspecified atom stereocenters. The van der Waals surface area contributed by atoms with Gasteiger partial charge in [0.1, 0.15) is 5.69 Å². The number of nitrogens with one attached hydrogen (secondary N) is 2. The number of para-hydroxylation sites is 1. The van der Waals surface area contributed by atoms with Gasteiger partial charge < -0.3 is 24.4 Å². The van der Waals surface area contributed by atoms with Gasteiger partial charge in [0.2, 0.25) is 15.9 Å². The Labute approximate surface area is 240 Å². The molecule has 2 heterocycles. The van der Waals surface area contributed by atoms with Crippen LogP contribution in [0.3, 0.4) is 0 Å². The fraction of sp³-hybridized carbons (Fsp3) is 0.414. The molecule has 0 radical (unpaired) electrons. The number of carbonyl (C=O) groups is 3. The van der Waals surface area contributed by atoms with Crippen LogP contribution in [0.4, 0.5) is 11.4 Å². The molecule has 1 aliphatic heterocycles. The van der Waals surface area contributed by atoms with E-state index in [-0.39, 0.29) is 28.7 Å². The highest BCUT2D eigenvalue weighted by Crippen LogP contribution is 2.39. The van der Waals surface area contributed by atoms with Crippen LogP contribution in [0.1, 0.15) is 54.1 Å². The van der Waals surface area contributed by atoms with Crippen LogP contribution >= 0.6 is 0 Å². The average molecular weight is 584 g/mol. The molecule has 1 aromatic heterocycles. The van der Waals surface area contributed by atoms with E-state index in [9.17, 15) is 22.8 Å². The number of aryl methyl sites for hydroxylation is 1. The first-order valence-electron chi connectivity index (χ1n) is 13.3. The van der Waals surface area contributed by atoms with Gasteiger partial charge in [-0.05, 0) is 35.2 Å². The van der Waals surface area contributed by atoms with E-state index in [0.29, 0.717) is 48.6 Å². The largest absolute Gasteiger partial charge is 0.492 e. The van der Waals surface area contributed by atoms with Crippen molar-refractivity contribution in [3.05, 3.63) is 53.2 Å². The quantitative estimate of drug-likeness (QED) is 0.458. The number of amides is 3. The van der Waals surface area contributed by atoms with Crippen molar-refractivity contribution in [3.8, 4) is 5.75 Å². The number of fused-ring (bicyclic) bond motifs is 1. The molecule has 0 bridgehead atoms. The van der Waals surface area contributed by atoms with Gasteiger partial charge >= 0.3 is 0 Å². The minimum Gasteiger partial charge on any atom is -0.492 e. The predicted octanol–water partition coefficient (Wildman–Crippen LogP) is 3.41. The topological polar surface area (TPSA) is 130 Å². The number of methoxy groups -OCH3 is 1. The number of aromatic nitrogens is 1. The molecule has 41 heavy (non-hydrogen) atoms.